The normalized spacial score (nSPS) is 15.0. The van der Waals surface area contributed by atoms with Crippen molar-refractivity contribution in [3.8, 4) is 5.75 Å². The number of fused-ring (bicyclic) bond motifs is 3. The Bertz CT molecular complexity index is 790. The van der Waals surface area contributed by atoms with Crippen molar-refractivity contribution in [2.24, 2.45) is 0 Å². The summed E-state index contributed by atoms with van der Waals surface area (Å²) in [6, 6.07) is 5.36. The molecule has 0 bridgehead atoms. The first kappa shape index (κ1) is 15.6. The molecule has 2 aromatic rings. The molecule has 1 aliphatic carbocycles. The maximum absolute atomic E-state index is 12.1. The molecule has 0 spiro atoms. The summed E-state index contributed by atoms with van der Waals surface area (Å²) in [6.45, 7) is 3.69. The van der Waals surface area contributed by atoms with Crippen molar-refractivity contribution in [3.63, 3.8) is 0 Å². The first-order chi connectivity index (χ1) is 11.1. The molecule has 0 radical (unpaired) electrons. The lowest BCUT2D eigenvalue weighted by Gasteiger charge is -2.17. The Labute approximate surface area is 134 Å². The van der Waals surface area contributed by atoms with E-state index in [4.69, 9.17) is 13.9 Å². The molecule has 3 rings (SSSR count). The van der Waals surface area contributed by atoms with Crippen LogP contribution in [0.1, 0.15) is 37.8 Å². The third kappa shape index (κ3) is 3.09. The molecule has 5 heteroatoms. The zero-order valence-electron chi connectivity index (χ0n) is 13.4. The van der Waals surface area contributed by atoms with Crippen molar-refractivity contribution in [3.05, 3.63) is 39.7 Å². The lowest BCUT2D eigenvalue weighted by atomic mass is 9.91. The van der Waals surface area contributed by atoms with Gasteiger partial charge in [-0.3, -0.25) is 0 Å². The minimum Gasteiger partial charge on any atom is -0.479 e. The van der Waals surface area contributed by atoms with Gasteiger partial charge in [-0.15, -0.1) is 0 Å². The summed E-state index contributed by atoms with van der Waals surface area (Å²) in [6.07, 6.45) is 3.09. The molecule has 1 heterocycles. The fourth-order valence-electron chi connectivity index (χ4n) is 3.01. The van der Waals surface area contributed by atoms with E-state index in [1.807, 2.05) is 6.07 Å². The Kier molecular flexibility index (Phi) is 4.37. The van der Waals surface area contributed by atoms with E-state index in [9.17, 15) is 9.59 Å². The van der Waals surface area contributed by atoms with Crippen LogP contribution in [0, 0.1) is 0 Å². The van der Waals surface area contributed by atoms with Gasteiger partial charge in [0.05, 0.1) is 6.61 Å². The summed E-state index contributed by atoms with van der Waals surface area (Å²) in [7, 11) is 0. The van der Waals surface area contributed by atoms with Crippen LogP contribution < -0.4 is 10.4 Å². The average Bonchev–Trinajstić information content (AvgIpc) is 2.55. The molecule has 0 aliphatic heterocycles. The Morgan fingerprint density at radius 1 is 1.26 bits per heavy atom. The molecule has 0 saturated carbocycles. The molecule has 5 nitrogen and oxygen atoms in total. The predicted molar refractivity (Wildman–Crippen MR) is 85.8 cm³/mol. The highest BCUT2D eigenvalue weighted by molar-refractivity contribution is 5.83. The molecular formula is C18H20O5. The van der Waals surface area contributed by atoms with E-state index in [2.05, 4.69) is 0 Å². The Morgan fingerprint density at radius 2 is 2.00 bits per heavy atom. The first-order valence-electron chi connectivity index (χ1n) is 8.02. The largest absolute Gasteiger partial charge is 0.479 e. The van der Waals surface area contributed by atoms with Crippen LogP contribution in [0.3, 0.4) is 0 Å². The van der Waals surface area contributed by atoms with Crippen molar-refractivity contribution >= 4 is 16.9 Å². The van der Waals surface area contributed by atoms with Gasteiger partial charge in [-0.05, 0) is 57.2 Å². The van der Waals surface area contributed by atoms with Gasteiger partial charge in [-0.1, -0.05) is 0 Å². The van der Waals surface area contributed by atoms with Gasteiger partial charge < -0.3 is 13.9 Å². The van der Waals surface area contributed by atoms with Gasteiger partial charge in [0.25, 0.3) is 0 Å². The van der Waals surface area contributed by atoms with Gasteiger partial charge in [-0.2, -0.15) is 0 Å². The number of carbonyl (C=O) groups is 1. The quantitative estimate of drug-likeness (QED) is 0.641. The molecule has 0 unspecified atom stereocenters. The van der Waals surface area contributed by atoms with E-state index in [-0.39, 0.29) is 5.63 Å². The maximum atomic E-state index is 12.1. The van der Waals surface area contributed by atoms with Gasteiger partial charge in [0, 0.05) is 17.0 Å². The van der Waals surface area contributed by atoms with E-state index in [1.54, 1.807) is 26.0 Å². The van der Waals surface area contributed by atoms with E-state index in [0.29, 0.717) is 17.9 Å². The van der Waals surface area contributed by atoms with E-state index in [0.717, 1.165) is 42.2 Å². The van der Waals surface area contributed by atoms with Gasteiger partial charge >= 0.3 is 11.6 Å². The number of benzene rings is 1. The molecule has 1 aliphatic rings. The molecule has 1 aromatic carbocycles. The molecule has 0 saturated heterocycles. The number of carbonyl (C=O) groups excluding carboxylic acids is 1. The summed E-state index contributed by atoms with van der Waals surface area (Å²) >= 11 is 0. The summed E-state index contributed by atoms with van der Waals surface area (Å²) in [5.74, 6) is 0.0662. The highest BCUT2D eigenvalue weighted by atomic mass is 16.6. The van der Waals surface area contributed by atoms with Crippen LogP contribution in [0.15, 0.2) is 27.4 Å². The van der Waals surface area contributed by atoms with E-state index >= 15 is 0 Å². The third-order valence-electron chi connectivity index (χ3n) is 4.13. The molecule has 1 atom stereocenters. The molecule has 1 aromatic heterocycles. The summed E-state index contributed by atoms with van der Waals surface area (Å²) < 4.78 is 15.9. The summed E-state index contributed by atoms with van der Waals surface area (Å²) in [5.41, 5.74) is 2.14. The average molecular weight is 316 g/mol. The number of rotatable bonds is 4. The smallest absolute Gasteiger partial charge is 0.347 e. The second-order valence-corrected chi connectivity index (χ2v) is 5.72. The van der Waals surface area contributed by atoms with Gasteiger partial charge in [0.2, 0.25) is 0 Å². The maximum Gasteiger partial charge on any atom is 0.347 e. The number of ether oxygens (including phenoxy) is 2. The molecular weight excluding hydrogens is 296 g/mol. The van der Waals surface area contributed by atoms with Crippen molar-refractivity contribution in [1.29, 1.82) is 0 Å². The van der Waals surface area contributed by atoms with Crippen molar-refractivity contribution < 1.29 is 18.7 Å². The predicted octanol–water partition coefficient (Wildman–Crippen LogP) is 3.00. The van der Waals surface area contributed by atoms with Crippen LogP contribution in [0.5, 0.6) is 5.75 Å². The van der Waals surface area contributed by atoms with E-state index in [1.165, 1.54) is 0 Å². The summed E-state index contributed by atoms with van der Waals surface area (Å²) in [5, 5.41) is 0.954. The molecule has 0 N–H and O–H groups in total. The highest BCUT2D eigenvalue weighted by Gasteiger charge is 2.19. The van der Waals surface area contributed by atoms with Crippen LogP contribution in [0.25, 0.3) is 11.0 Å². The van der Waals surface area contributed by atoms with Crippen molar-refractivity contribution in [2.45, 2.75) is 45.6 Å². The second-order valence-electron chi connectivity index (χ2n) is 5.72. The zero-order chi connectivity index (χ0) is 16.4. The fraction of sp³-hybridized carbons (Fsp3) is 0.444. The number of hydrogen-bond acceptors (Lipinski definition) is 5. The summed E-state index contributed by atoms with van der Waals surface area (Å²) in [4.78, 5) is 23.8. The third-order valence-corrected chi connectivity index (χ3v) is 4.13. The molecule has 122 valence electrons. The molecule has 0 fully saturated rings. The lowest BCUT2D eigenvalue weighted by Crippen LogP contribution is -2.26. The SMILES string of the molecule is CCOC(=O)[C@H](C)Oc1ccc2c3c(c(=O)oc2c1)CCCC3. The molecule has 0 amide bonds. The Balaban J connectivity index is 1.94. The van der Waals surface area contributed by atoms with Gasteiger partial charge in [0.1, 0.15) is 11.3 Å². The minimum absolute atomic E-state index is 0.261. The number of hydrogen-bond donors (Lipinski definition) is 0. The minimum atomic E-state index is -0.711. The van der Waals surface area contributed by atoms with Crippen LogP contribution in [-0.4, -0.2) is 18.7 Å². The fourth-order valence-corrected chi connectivity index (χ4v) is 3.01. The standard InChI is InChI=1S/C18H20O5/c1-3-21-17(19)11(2)22-12-8-9-14-13-6-4-5-7-15(13)18(20)23-16(14)10-12/h8-11H,3-7H2,1-2H3/t11-/m0/s1. The lowest BCUT2D eigenvalue weighted by molar-refractivity contribution is -0.150. The second kappa shape index (κ2) is 6.44. The highest BCUT2D eigenvalue weighted by Crippen LogP contribution is 2.29. The topological polar surface area (TPSA) is 65.7 Å². The van der Waals surface area contributed by atoms with Gasteiger partial charge in [0.15, 0.2) is 6.10 Å². The van der Waals surface area contributed by atoms with Crippen LogP contribution in [0.2, 0.25) is 0 Å². The number of esters is 1. The van der Waals surface area contributed by atoms with Crippen LogP contribution >= 0.6 is 0 Å². The molecule has 23 heavy (non-hydrogen) atoms. The van der Waals surface area contributed by atoms with E-state index < -0.39 is 12.1 Å². The Morgan fingerprint density at radius 3 is 2.74 bits per heavy atom. The monoisotopic (exact) mass is 316 g/mol. The van der Waals surface area contributed by atoms with Crippen LogP contribution in [0.4, 0.5) is 0 Å². The number of aryl methyl sites for hydroxylation is 1. The zero-order valence-corrected chi connectivity index (χ0v) is 13.4. The van der Waals surface area contributed by atoms with Crippen LogP contribution in [-0.2, 0) is 22.4 Å². The Hall–Kier alpha value is -2.30. The first-order valence-corrected chi connectivity index (χ1v) is 8.02. The van der Waals surface area contributed by atoms with Crippen molar-refractivity contribution in [2.75, 3.05) is 6.61 Å². The van der Waals surface area contributed by atoms with Gasteiger partial charge in [-0.25, -0.2) is 9.59 Å². The van der Waals surface area contributed by atoms with Crippen molar-refractivity contribution in [1.82, 2.24) is 0 Å².